The number of hydrogen-bond donors (Lipinski definition) is 0. The molecular weight excluding hydrogens is 224 g/mol. The van der Waals surface area contributed by atoms with Gasteiger partial charge in [-0.2, -0.15) is 0 Å². The SMILES string of the molecule is [2H][C@@]1(C2=NC(C)(C)CO2)CN1[C@H](C)c1ccccc1. The Morgan fingerprint density at radius 2 is 2.17 bits per heavy atom. The summed E-state index contributed by atoms with van der Waals surface area (Å²) in [5, 5.41) is 0. The Kier molecular flexibility index (Phi) is 2.40. The number of aliphatic imine (C=N–C) groups is 1. The Morgan fingerprint density at radius 1 is 1.44 bits per heavy atom. The molecule has 96 valence electrons. The molecule has 3 rings (SSSR count). The lowest BCUT2D eigenvalue weighted by Gasteiger charge is -2.14. The second-order valence-electron chi connectivity index (χ2n) is 5.68. The zero-order valence-corrected chi connectivity index (χ0v) is 11.2. The van der Waals surface area contributed by atoms with E-state index in [1.807, 2.05) is 32.0 Å². The summed E-state index contributed by atoms with van der Waals surface area (Å²) >= 11 is 0. The molecule has 18 heavy (non-hydrogen) atoms. The van der Waals surface area contributed by atoms with E-state index in [9.17, 15) is 0 Å². The summed E-state index contributed by atoms with van der Waals surface area (Å²) in [6.45, 7) is 7.48. The van der Waals surface area contributed by atoms with Gasteiger partial charge in [-0.15, -0.1) is 0 Å². The van der Waals surface area contributed by atoms with Gasteiger partial charge in [0, 0.05) is 12.6 Å². The number of benzene rings is 1. The average molecular weight is 245 g/mol. The normalized spacial score (nSPS) is 35.4. The van der Waals surface area contributed by atoms with Crippen LogP contribution >= 0.6 is 0 Å². The molecule has 0 amide bonds. The minimum atomic E-state index is -0.761. The van der Waals surface area contributed by atoms with Gasteiger partial charge in [-0.1, -0.05) is 30.3 Å². The molecule has 1 aromatic rings. The Morgan fingerprint density at radius 3 is 2.78 bits per heavy atom. The first-order valence-electron chi connectivity index (χ1n) is 6.97. The minimum Gasteiger partial charge on any atom is -0.477 e. The van der Waals surface area contributed by atoms with Gasteiger partial charge in [0.1, 0.15) is 6.61 Å². The molecule has 1 fully saturated rings. The van der Waals surface area contributed by atoms with Crippen molar-refractivity contribution in [1.82, 2.24) is 4.90 Å². The third kappa shape index (κ3) is 2.15. The molecule has 1 unspecified atom stereocenters. The van der Waals surface area contributed by atoms with Crippen molar-refractivity contribution in [3.05, 3.63) is 35.9 Å². The van der Waals surface area contributed by atoms with Crippen LogP contribution in [-0.4, -0.2) is 35.5 Å². The summed E-state index contributed by atoms with van der Waals surface area (Å²) in [5.41, 5.74) is 1.04. The maximum Gasteiger partial charge on any atom is 0.203 e. The van der Waals surface area contributed by atoms with Gasteiger partial charge in [0.15, 0.2) is 0 Å². The lowest BCUT2D eigenvalue weighted by molar-refractivity contribution is 0.269. The topological polar surface area (TPSA) is 24.6 Å². The molecule has 0 N–H and O–H groups in total. The average Bonchev–Trinajstić information content (AvgIpc) is 2.94. The predicted molar refractivity (Wildman–Crippen MR) is 72.8 cm³/mol. The third-order valence-electron chi connectivity index (χ3n) is 3.53. The van der Waals surface area contributed by atoms with Crippen molar-refractivity contribution in [2.24, 2.45) is 4.99 Å². The fourth-order valence-corrected chi connectivity index (χ4v) is 2.33. The first-order chi connectivity index (χ1) is 8.92. The zero-order valence-electron chi connectivity index (χ0n) is 12.2. The van der Waals surface area contributed by atoms with Gasteiger partial charge in [-0.05, 0) is 26.3 Å². The lowest BCUT2D eigenvalue weighted by Crippen LogP contribution is -2.17. The van der Waals surface area contributed by atoms with Crippen LogP contribution in [0.5, 0.6) is 0 Å². The molecule has 2 aliphatic rings. The van der Waals surface area contributed by atoms with E-state index in [0.29, 0.717) is 19.0 Å². The predicted octanol–water partition coefficient (Wildman–Crippen LogP) is 2.64. The van der Waals surface area contributed by atoms with Crippen molar-refractivity contribution >= 4 is 5.90 Å². The lowest BCUT2D eigenvalue weighted by atomic mass is 10.1. The van der Waals surface area contributed by atoms with E-state index in [1.165, 1.54) is 5.56 Å². The minimum absolute atomic E-state index is 0.187. The van der Waals surface area contributed by atoms with Gasteiger partial charge in [0.05, 0.1) is 12.9 Å². The summed E-state index contributed by atoms with van der Waals surface area (Å²) in [6, 6.07) is 9.74. The van der Waals surface area contributed by atoms with Crippen LogP contribution in [0, 0.1) is 0 Å². The Balaban J connectivity index is 1.77. The van der Waals surface area contributed by atoms with Gasteiger partial charge in [-0.3, -0.25) is 4.90 Å². The van der Waals surface area contributed by atoms with E-state index in [4.69, 9.17) is 6.11 Å². The zero-order chi connectivity index (χ0) is 13.7. The molecule has 0 radical (unpaired) electrons. The van der Waals surface area contributed by atoms with E-state index in [-0.39, 0.29) is 11.6 Å². The molecule has 2 heterocycles. The number of ether oxygens (including phenoxy) is 1. The first kappa shape index (κ1) is 10.6. The van der Waals surface area contributed by atoms with Crippen LogP contribution < -0.4 is 0 Å². The van der Waals surface area contributed by atoms with Gasteiger partial charge < -0.3 is 4.74 Å². The molecule has 0 saturated carbocycles. The Labute approximate surface area is 110 Å². The van der Waals surface area contributed by atoms with E-state index in [2.05, 4.69) is 28.9 Å². The molecule has 0 bridgehead atoms. The van der Waals surface area contributed by atoms with Crippen LogP contribution in [0.2, 0.25) is 0 Å². The van der Waals surface area contributed by atoms with Crippen molar-refractivity contribution in [2.75, 3.05) is 13.2 Å². The highest BCUT2D eigenvalue weighted by atomic mass is 16.5. The molecule has 0 aromatic heterocycles. The molecule has 3 atom stereocenters. The summed E-state index contributed by atoms with van der Waals surface area (Å²) in [6.07, 6.45) is 0. The van der Waals surface area contributed by atoms with Crippen LogP contribution in [-0.2, 0) is 4.74 Å². The fourth-order valence-electron chi connectivity index (χ4n) is 2.33. The molecule has 1 aromatic carbocycles. The maximum absolute atomic E-state index is 8.52. The van der Waals surface area contributed by atoms with Crippen molar-refractivity contribution in [3.8, 4) is 0 Å². The van der Waals surface area contributed by atoms with Gasteiger partial charge in [0.25, 0.3) is 0 Å². The van der Waals surface area contributed by atoms with Crippen LogP contribution in [0.25, 0.3) is 0 Å². The monoisotopic (exact) mass is 245 g/mol. The van der Waals surface area contributed by atoms with E-state index in [1.54, 1.807) is 0 Å². The summed E-state index contributed by atoms with van der Waals surface area (Å²) < 4.78 is 14.2. The summed E-state index contributed by atoms with van der Waals surface area (Å²) in [4.78, 5) is 6.66. The fraction of sp³-hybridized carbons (Fsp3) is 0.533. The first-order valence-corrected chi connectivity index (χ1v) is 6.47. The largest absolute Gasteiger partial charge is 0.477 e. The Bertz CT molecular complexity index is 514. The molecular formula is C15H20N2O. The second-order valence-corrected chi connectivity index (χ2v) is 5.68. The number of hydrogen-bond acceptors (Lipinski definition) is 3. The van der Waals surface area contributed by atoms with Crippen molar-refractivity contribution in [1.29, 1.82) is 0 Å². The quantitative estimate of drug-likeness (QED) is 0.765. The molecule has 0 spiro atoms. The van der Waals surface area contributed by atoms with Gasteiger partial charge in [-0.25, -0.2) is 4.99 Å². The van der Waals surface area contributed by atoms with Crippen LogP contribution in [0.1, 0.15) is 33.7 Å². The molecule has 3 nitrogen and oxygen atoms in total. The van der Waals surface area contributed by atoms with Gasteiger partial charge in [0.2, 0.25) is 5.90 Å². The standard InChI is InChI=1S/C15H20N2O/c1-11(12-7-5-4-6-8-12)17-9-13(17)14-16-15(2,3)10-18-14/h4-8,11,13H,9-10H2,1-3H3/t11-,13+,17?/m1/s1/i13D. The van der Waals surface area contributed by atoms with Gasteiger partial charge >= 0.3 is 0 Å². The summed E-state index contributed by atoms with van der Waals surface area (Å²) in [7, 11) is 0. The van der Waals surface area contributed by atoms with Crippen LogP contribution in [0.3, 0.4) is 0 Å². The molecule has 0 aliphatic carbocycles. The highest BCUT2D eigenvalue weighted by molar-refractivity contribution is 5.86. The van der Waals surface area contributed by atoms with Crippen LogP contribution in [0.4, 0.5) is 0 Å². The van der Waals surface area contributed by atoms with Crippen molar-refractivity contribution in [3.63, 3.8) is 0 Å². The van der Waals surface area contributed by atoms with E-state index in [0.717, 1.165) is 0 Å². The molecule has 1 saturated heterocycles. The summed E-state index contributed by atoms with van der Waals surface area (Å²) in [5.74, 6) is 0.584. The van der Waals surface area contributed by atoms with Crippen molar-refractivity contribution < 1.29 is 6.11 Å². The highest BCUT2D eigenvalue weighted by Crippen LogP contribution is 2.34. The highest BCUT2D eigenvalue weighted by Gasteiger charge is 2.46. The second kappa shape index (κ2) is 4.09. The smallest absolute Gasteiger partial charge is 0.203 e. The number of rotatable bonds is 3. The van der Waals surface area contributed by atoms with Crippen molar-refractivity contribution in [2.45, 2.75) is 38.4 Å². The van der Waals surface area contributed by atoms with Crippen LogP contribution in [0.15, 0.2) is 35.3 Å². The van der Waals surface area contributed by atoms with E-state index >= 15 is 0 Å². The van der Waals surface area contributed by atoms with E-state index < -0.39 is 6.02 Å². The Hall–Kier alpha value is -1.35. The number of nitrogens with zero attached hydrogens (tertiary/aromatic N) is 2. The maximum atomic E-state index is 8.52. The molecule has 2 aliphatic heterocycles. The molecule has 3 heteroatoms. The third-order valence-corrected chi connectivity index (χ3v) is 3.53.